The van der Waals surface area contributed by atoms with Crippen molar-refractivity contribution < 1.29 is 19.7 Å². The highest BCUT2D eigenvalue weighted by Gasteiger charge is 2.20. The van der Waals surface area contributed by atoms with Crippen LogP contribution in [0.25, 0.3) is 0 Å². The van der Waals surface area contributed by atoms with Crippen molar-refractivity contribution in [2.75, 3.05) is 11.1 Å². The summed E-state index contributed by atoms with van der Waals surface area (Å²) in [6.45, 7) is 1.46. The number of nitrogen functional groups attached to an aromatic ring is 1. The van der Waals surface area contributed by atoms with Gasteiger partial charge >= 0.3 is 13.0 Å². The standard InChI is InChI=1S/C17H20BN3O4/c1-18(25)21-15(17(23)24)9-11-5-7-14(8-6-11)20-16(22)12-3-2-4-13(19)10-12/h2-8,10,15,21,25H,9,19H2,1H3,(H,20,22)(H,23,24). The van der Waals surface area contributed by atoms with Gasteiger partial charge in [-0.2, -0.15) is 0 Å². The second-order valence-electron chi connectivity index (χ2n) is 5.71. The maximum atomic E-state index is 12.2. The van der Waals surface area contributed by atoms with Gasteiger partial charge < -0.3 is 26.4 Å². The molecule has 1 amide bonds. The molecular weight excluding hydrogens is 321 g/mol. The number of anilines is 2. The van der Waals surface area contributed by atoms with E-state index in [1.807, 2.05) is 0 Å². The molecule has 0 spiro atoms. The Balaban J connectivity index is 2.01. The molecule has 2 aromatic rings. The first-order chi connectivity index (χ1) is 11.8. The molecule has 6 N–H and O–H groups in total. The first kappa shape index (κ1) is 18.5. The highest BCUT2D eigenvalue weighted by Crippen LogP contribution is 2.14. The van der Waals surface area contributed by atoms with Crippen LogP contribution in [0.5, 0.6) is 0 Å². The number of carbonyl (C=O) groups excluding carboxylic acids is 1. The lowest BCUT2D eigenvalue weighted by Gasteiger charge is -2.15. The molecule has 1 unspecified atom stereocenters. The topological polar surface area (TPSA) is 125 Å². The summed E-state index contributed by atoms with van der Waals surface area (Å²) in [5.41, 5.74) is 7.98. The van der Waals surface area contributed by atoms with E-state index in [1.54, 1.807) is 48.5 Å². The van der Waals surface area contributed by atoms with E-state index >= 15 is 0 Å². The minimum atomic E-state index is -1.04. The number of rotatable bonds is 7. The largest absolute Gasteiger partial charge is 0.480 e. The van der Waals surface area contributed by atoms with E-state index in [0.29, 0.717) is 16.9 Å². The van der Waals surface area contributed by atoms with E-state index in [9.17, 15) is 14.6 Å². The van der Waals surface area contributed by atoms with Crippen LogP contribution in [0.1, 0.15) is 15.9 Å². The van der Waals surface area contributed by atoms with Crippen LogP contribution >= 0.6 is 0 Å². The quantitative estimate of drug-likeness (QED) is 0.381. The van der Waals surface area contributed by atoms with Gasteiger partial charge in [0.25, 0.3) is 5.91 Å². The molecule has 0 saturated carbocycles. The van der Waals surface area contributed by atoms with Crippen molar-refractivity contribution >= 4 is 30.3 Å². The lowest BCUT2D eigenvalue weighted by atomic mass is 9.86. The SMILES string of the molecule is CB(O)NC(Cc1ccc(NC(=O)c2cccc(N)c2)cc1)C(=O)O. The number of hydrogen-bond donors (Lipinski definition) is 5. The number of nitrogens with two attached hydrogens (primary N) is 1. The number of amides is 1. The van der Waals surface area contributed by atoms with Gasteiger partial charge in [-0.3, -0.25) is 9.59 Å². The fraction of sp³-hybridized carbons (Fsp3) is 0.176. The Bertz CT molecular complexity index is 750. The van der Waals surface area contributed by atoms with Gasteiger partial charge in [-0.1, -0.05) is 18.2 Å². The second-order valence-corrected chi connectivity index (χ2v) is 5.71. The van der Waals surface area contributed by atoms with Crippen molar-refractivity contribution in [3.63, 3.8) is 0 Å². The van der Waals surface area contributed by atoms with E-state index in [-0.39, 0.29) is 12.3 Å². The van der Waals surface area contributed by atoms with Crippen LogP contribution in [-0.2, 0) is 11.2 Å². The molecule has 0 radical (unpaired) electrons. The normalized spacial score (nSPS) is 11.6. The van der Waals surface area contributed by atoms with Gasteiger partial charge in [-0.05, 0) is 49.1 Å². The van der Waals surface area contributed by atoms with E-state index < -0.39 is 19.1 Å². The number of hydrogen-bond acceptors (Lipinski definition) is 5. The molecule has 0 saturated heterocycles. The molecule has 25 heavy (non-hydrogen) atoms. The fourth-order valence-electron chi connectivity index (χ4n) is 2.35. The molecule has 0 aliphatic rings. The summed E-state index contributed by atoms with van der Waals surface area (Å²) >= 11 is 0. The summed E-state index contributed by atoms with van der Waals surface area (Å²) in [7, 11) is -0.919. The molecule has 2 rings (SSSR count). The molecule has 0 aliphatic carbocycles. The fourth-order valence-corrected chi connectivity index (χ4v) is 2.35. The summed E-state index contributed by atoms with van der Waals surface area (Å²) in [5, 5.41) is 23.8. The monoisotopic (exact) mass is 341 g/mol. The Morgan fingerprint density at radius 2 is 1.88 bits per heavy atom. The van der Waals surface area contributed by atoms with E-state index in [2.05, 4.69) is 10.5 Å². The molecular formula is C17H20BN3O4. The lowest BCUT2D eigenvalue weighted by Crippen LogP contribution is -2.46. The van der Waals surface area contributed by atoms with Gasteiger partial charge in [-0.25, -0.2) is 0 Å². The van der Waals surface area contributed by atoms with E-state index in [1.165, 1.54) is 6.82 Å². The predicted octanol–water partition coefficient (Wildman–Crippen LogP) is 1.22. The van der Waals surface area contributed by atoms with Crippen LogP contribution in [0.3, 0.4) is 0 Å². The van der Waals surface area contributed by atoms with Crippen LogP contribution in [0.15, 0.2) is 48.5 Å². The van der Waals surface area contributed by atoms with Crippen LogP contribution in [-0.4, -0.2) is 35.1 Å². The second kappa shape index (κ2) is 8.32. The number of carboxylic acid groups (broad SMARTS) is 1. The van der Waals surface area contributed by atoms with Crippen molar-refractivity contribution in [1.82, 2.24) is 5.23 Å². The van der Waals surface area contributed by atoms with E-state index in [0.717, 1.165) is 5.56 Å². The highest BCUT2D eigenvalue weighted by atomic mass is 16.4. The van der Waals surface area contributed by atoms with Crippen molar-refractivity contribution in [2.24, 2.45) is 0 Å². The molecule has 7 nitrogen and oxygen atoms in total. The van der Waals surface area contributed by atoms with Gasteiger partial charge in [0.05, 0.1) is 0 Å². The van der Waals surface area contributed by atoms with Crippen LogP contribution in [0, 0.1) is 0 Å². The molecule has 0 fully saturated rings. The Morgan fingerprint density at radius 1 is 1.20 bits per heavy atom. The van der Waals surface area contributed by atoms with Gasteiger partial charge in [0.2, 0.25) is 0 Å². The average Bonchev–Trinajstić information content (AvgIpc) is 2.55. The predicted molar refractivity (Wildman–Crippen MR) is 97.3 cm³/mol. The molecule has 8 heteroatoms. The Morgan fingerprint density at radius 3 is 2.44 bits per heavy atom. The zero-order valence-corrected chi connectivity index (χ0v) is 13.8. The average molecular weight is 341 g/mol. The van der Waals surface area contributed by atoms with Gasteiger partial charge in [0.15, 0.2) is 0 Å². The third-order valence-electron chi connectivity index (χ3n) is 3.54. The third-order valence-corrected chi connectivity index (χ3v) is 3.54. The Hall–Kier alpha value is -2.84. The molecule has 1 atom stereocenters. The van der Waals surface area contributed by atoms with Crippen molar-refractivity contribution in [1.29, 1.82) is 0 Å². The molecule has 0 bridgehead atoms. The van der Waals surface area contributed by atoms with Gasteiger partial charge in [-0.15, -0.1) is 0 Å². The first-order valence-corrected chi connectivity index (χ1v) is 7.78. The van der Waals surface area contributed by atoms with Gasteiger partial charge in [0, 0.05) is 16.9 Å². The molecule has 0 aromatic heterocycles. The smallest absolute Gasteiger partial charge is 0.374 e. The summed E-state index contributed by atoms with van der Waals surface area (Å²) in [5.74, 6) is -1.32. The summed E-state index contributed by atoms with van der Waals surface area (Å²) in [6, 6.07) is 12.6. The number of carboxylic acids is 1. The molecule has 0 heterocycles. The minimum Gasteiger partial charge on any atom is -0.480 e. The van der Waals surface area contributed by atoms with Crippen LogP contribution < -0.4 is 16.3 Å². The molecule has 130 valence electrons. The number of benzene rings is 2. The first-order valence-electron chi connectivity index (χ1n) is 7.78. The van der Waals surface area contributed by atoms with Crippen molar-refractivity contribution in [3.05, 3.63) is 59.7 Å². The number of nitrogens with one attached hydrogen (secondary N) is 2. The van der Waals surface area contributed by atoms with Crippen LogP contribution in [0.2, 0.25) is 6.82 Å². The summed E-state index contributed by atoms with van der Waals surface area (Å²) in [4.78, 5) is 23.4. The molecule has 0 aliphatic heterocycles. The third kappa shape index (κ3) is 5.63. The maximum absolute atomic E-state index is 12.2. The molecule has 2 aromatic carbocycles. The number of aliphatic carboxylic acids is 1. The minimum absolute atomic E-state index is 0.212. The van der Waals surface area contributed by atoms with Crippen molar-refractivity contribution in [3.8, 4) is 0 Å². The van der Waals surface area contributed by atoms with Gasteiger partial charge in [0.1, 0.15) is 6.04 Å². The maximum Gasteiger partial charge on any atom is 0.374 e. The number of carbonyl (C=O) groups is 2. The Labute approximate surface area is 146 Å². The van der Waals surface area contributed by atoms with Crippen LogP contribution in [0.4, 0.5) is 11.4 Å². The highest BCUT2D eigenvalue weighted by molar-refractivity contribution is 6.46. The zero-order valence-electron chi connectivity index (χ0n) is 13.8. The van der Waals surface area contributed by atoms with Crippen molar-refractivity contribution in [2.45, 2.75) is 19.3 Å². The van der Waals surface area contributed by atoms with E-state index in [4.69, 9.17) is 10.8 Å². The summed E-state index contributed by atoms with van der Waals surface area (Å²) in [6.07, 6.45) is 0.212. The summed E-state index contributed by atoms with van der Waals surface area (Å²) < 4.78 is 0. The Kier molecular flexibility index (Phi) is 6.16. The zero-order chi connectivity index (χ0) is 18.4. The lowest BCUT2D eigenvalue weighted by molar-refractivity contribution is -0.139.